The number of nitrogens with one attached hydrogen (secondary N) is 2. The molecule has 0 bridgehead atoms. The van der Waals surface area contributed by atoms with E-state index in [1.165, 1.54) is 0 Å². The first-order valence-electron chi connectivity index (χ1n) is 8.72. The van der Waals surface area contributed by atoms with Gasteiger partial charge < -0.3 is 9.47 Å². The molecule has 2 amide bonds. The molecule has 0 fully saturated rings. The van der Waals surface area contributed by atoms with Crippen LogP contribution in [0.5, 0.6) is 17.2 Å². The molecule has 0 unspecified atom stereocenters. The molecular formula is C22H20N2O4. The standard InChI is InChI=1S/C22H20N2O4/c1-16-7-5-11-19(13-16)27-15-21(25)23-24-22(26)17-8-6-12-20(14-17)28-18-9-3-2-4-10-18/h2-14H,15H2,1H3,(H,23,25)(H,24,26). The summed E-state index contributed by atoms with van der Waals surface area (Å²) in [6.07, 6.45) is 0. The lowest BCUT2D eigenvalue weighted by molar-refractivity contribution is -0.123. The van der Waals surface area contributed by atoms with Crippen molar-refractivity contribution in [2.75, 3.05) is 6.61 Å². The fourth-order valence-electron chi connectivity index (χ4n) is 2.41. The van der Waals surface area contributed by atoms with Crippen molar-refractivity contribution >= 4 is 11.8 Å². The van der Waals surface area contributed by atoms with Crippen LogP contribution in [0.2, 0.25) is 0 Å². The normalized spacial score (nSPS) is 10.0. The molecule has 3 aromatic rings. The summed E-state index contributed by atoms with van der Waals surface area (Å²) in [4.78, 5) is 24.1. The van der Waals surface area contributed by atoms with Gasteiger partial charge in [0.25, 0.3) is 11.8 Å². The topological polar surface area (TPSA) is 76.7 Å². The zero-order valence-corrected chi connectivity index (χ0v) is 15.3. The van der Waals surface area contributed by atoms with Crippen LogP contribution in [0.1, 0.15) is 15.9 Å². The molecule has 0 atom stereocenters. The molecular weight excluding hydrogens is 356 g/mol. The van der Waals surface area contributed by atoms with Crippen LogP contribution >= 0.6 is 0 Å². The number of rotatable bonds is 6. The molecule has 142 valence electrons. The monoisotopic (exact) mass is 376 g/mol. The van der Waals surface area contributed by atoms with Gasteiger partial charge in [-0.15, -0.1) is 0 Å². The molecule has 0 aliphatic carbocycles. The maximum Gasteiger partial charge on any atom is 0.276 e. The first-order chi connectivity index (χ1) is 13.6. The van der Waals surface area contributed by atoms with Crippen LogP contribution in [0.25, 0.3) is 0 Å². The Labute approximate surface area is 163 Å². The maximum atomic E-state index is 12.3. The van der Waals surface area contributed by atoms with Crippen LogP contribution in [-0.4, -0.2) is 18.4 Å². The number of aryl methyl sites for hydroxylation is 1. The van der Waals surface area contributed by atoms with Crippen molar-refractivity contribution in [1.29, 1.82) is 0 Å². The third kappa shape index (κ3) is 5.60. The molecule has 0 aliphatic heterocycles. The molecule has 0 aromatic heterocycles. The summed E-state index contributed by atoms with van der Waals surface area (Å²) in [6.45, 7) is 1.73. The van der Waals surface area contributed by atoms with Crippen LogP contribution in [0, 0.1) is 6.92 Å². The van der Waals surface area contributed by atoms with Crippen molar-refractivity contribution in [1.82, 2.24) is 10.9 Å². The number of benzene rings is 3. The van der Waals surface area contributed by atoms with E-state index in [2.05, 4.69) is 10.9 Å². The van der Waals surface area contributed by atoms with E-state index in [0.29, 0.717) is 22.8 Å². The number of amides is 2. The van der Waals surface area contributed by atoms with Crippen molar-refractivity contribution in [3.8, 4) is 17.2 Å². The molecule has 0 saturated heterocycles. The summed E-state index contributed by atoms with van der Waals surface area (Å²) in [6, 6.07) is 23.3. The van der Waals surface area contributed by atoms with Gasteiger partial charge in [-0.2, -0.15) is 0 Å². The predicted octanol–water partition coefficient (Wildman–Crippen LogP) is 3.63. The SMILES string of the molecule is Cc1cccc(OCC(=O)NNC(=O)c2cccc(Oc3ccccc3)c2)c1. The number of ether oxygens (including phenoxy) is 2. The van der Waals surface area contributed by atoms with E-state index >= 15 is 0 Å². The summed E-state index contributed by atoms with van der Waals surface area (Å²) < 4.78 is 11.1. The smallest absolute Gasteiger partial charge is 0.276 e. The molecule has 0 aliphatic rings. The summed E-state index contributed by atoms with van der Waals surface area (Å²) in [5, 5.41) is 0. The molecule has 0 radical (unpaired) electrons. The summed E-state index contributed by atoms with van der Waals surface area (Å²) in [7, 11) is 0. The van der Waals surface area contributed by atoms with Gasteiger partial charge in [-0.25, -0.2) is 0 Å². The number of para-hydroxylation sites is 1. The second kappa shape index (κ2) is 9.23. The van der Waals surface area contributed by atoms with Gasteiger partial charge in [0.15, 0.2) is 6.61 Å². The number of hydrazine groups is 1. The molecule has 0 heterocycles. The minimum absolute atomic E-state index is 0.207. The van der Waals surface area contributed by atoms with Crippen LogP contribution in [0.4, 0.5) is 0 Å². The maximum absolute atomic E-state index is 12.3. The predicted molar refractivity (Wildman–Crippen MR) is 105 cm³/mol. The molecule has 0 spiro atoms. The second-order valence-corrected chi connectivity index (χ2v) is 6.05. The Hall–Kier alpha value is -3.80. The second-order valence-electron chi connectivity index (χ2n) is 6.05. The number of carbonyl (C=O) groups excluding carboxylic acids is 2. The van der Waals surface area contributed by atoms with Crippen molar-refractivity contribution in [3.05, 3.63) is 90.0 Å². The van der Waals surface area contributed by atoms with Crippen molar-refractivity contribution < 1.29 is 19.1 Å². The van der Waals surface area contributed by atoms with Crippen molar-refractivity contribution in [2.45, 2.75) is 6.92 Å². The Morgan fingerprint density at radius 2 is 1.50 bits per heavy atom. The fourth-order valence-corrected chi connectivity index (χ4v) is 2.41. The Bertz CT molecular complexity index is 958. The minimum atomic E-state index is -0.466. The van der Waals surface area contributed by atoms with E-state index in [9.17, 15) is 9.59 Å². The van der Waals surface area contributed by atoms with Crippen LogP contribution < -0.4 is 20.3 Å². The van der Waals surface area contributed by atoms with E-state index < -0.39 is 11.8 Å². The molecule has 6 nitrogen and oxygen atoms in total. The zero-order valence-electron chi connectivity index (χ0n) is 15.3. The summed E-state index contributed by atoms with van der Waals surface area (Å²) in [5.41, 5.74) is 6.08. The van der Waals surface area contributed by atoms with Gasteiger partial charge in [0.05, 0.1) is 0 Å². The Balaban J connectivity index is 1.50. The van der Waals surface area contributed by atoms with E-state index in [1.54, 1.807) is 30.3 Å². The molecule has 0 saturated carbocycles. The van der Waals surface area contributed by atoms with Gasteiger partial charge in [0.1, 0.15) is 17.2 Å². The molecule has 2 N–H and O–H groups in total. The number of hydrogen-bond acceptors (Lipinski definition) is 4. The molecule has 3 aromatic carbocycles. The van der Waals surface area contributed by atoms with Gasteiger partial charge >= 0.3 is 0 Å². The van der Waals surface area contributed by atoms with Gasteiger partial charge in [-0.3, -0.25) is 20.4 Å². The minimum Gasteiger partial charge on any atom is -0.484 e. The highest BCUT2D eigenvalue weighted by Gasteiger charge is 2.09. The lowest BCUT2D eigenvalue weighted by Gasteiger charge is -2.10. The van der Waals surface area contributed by atoms with E-state index in [-0.39, 0.29) is 6.61 Å². The number of carbonyl (C=O) groups is 2. The van der Waals surface area contributed by atoms with Crippen molar-refractivity contribution in [2.24, 2.45) is 0 Å². The Morgan fingerprint density at radius 3 is 2.29 bits per heavy atom. The van der Waals surface area contributed by atoms with Crippen molar-refractivity contribution in [3.63, 3.8) is 0 Å². The van der Waals surface area contributed by atoms with Gasteiger partial charge in [0, 0.05) is 5.56 Å². The average Bonchev–Trinajstić information content (AvgIpc) is 2.71. The zero-order chi connectivity index (χ0) is 19.8. The van der Waals surface area contributed by atoms with Crippen LogP contribution in [0.15, 0.2) is 78.9 Å². The molecule has 6 heteroatoms. The van der Waals surface area contributed by atoms with Crippen LogP contribution in [0.3, 0.4) is 0 Å². The molecule has 3 rings (SSSR count). The molecule has 28 heavy (non-hydrogen) atoms. The summed E-state index contributed by atoms with van der Waals surface area (Å²) in [5.74, 6) is 0.857. The van der Waals surface area contributed by atoms with E-state index in [1.807, 2.05) is 55.5 Å². The largest absolute Gasteiger partial charge is 0.484 e. The van der Waals surface area contributed by atoms with Gasteiger partial charge in [-0.1, -0.05) is 36.4 Å². The van der Waals surface area contributed by atoms with E-state index in [0.717, 1.165) is 5.56 Å². The fraction of sp³-hybridized carbons (Fsp3) is 0.0909. The van der Waals surface area contributed by atoms with E-state index in [4.69, 9.17) is 9.47 Å². The average molecular weight is 376 g/mol. The highest BCUT2D eigenvalue weighted by molar-refractivity contribution is 5.95. The highest BCUT2D eigenvalue weighted by Crippen LogP contribution is 2.21. The highest BCUT2D eigenvalue weighted by atomic mass is 16.5. The third-order valence-electron chi connectivity index (χ3n) is 3.75. The van der Waals surface area contributed by atoms with Crippen LogP contribution in [-0.2, 0) is 4.79 Å². The lowest BCUT2D eigenvalue weighted by atomic mass is 10.2. The van der Waals surface area contributed by atoms with Gasteiger partial charge in [0.2, 0.25) is 0 Å². The van der Waals surface area contributed by atoms with Gasteiger partial charge in [-0.05, 0) is 55.0 Å². The summed E-state index contributed by atoms with van der Waals surface area (Å²) >= 11 is 0. The Morgan fingerprint density at radius 1 is 0.786 bits per heavy atom. The Kier molecular flexibility index (Phi) is 6.25. The quantitative estimate of drug-likeness (QED) is 0.644. The first kappa shape index (κ1) is 19.0. The first-order valence-corrected chi connectivity index (χ1v) is 8.72. The number of hydrogen-bond donors (Lipinski definition) is 2. The lowest BCUT2D eigenvalue weighted by Crippen LogP contribution is -2.43. The third-order valence-corrected chi connectivity index (χ3v) is 3.75.